The minimum atomic E-state index is 0.0339. The Morgan fingerprint density at radius 2 is 1.94 bits per heavy atom. The van der Waals surface area contributed by atoms with Gasteiger partial charge < -0.3 is 15.9 Å². The zero-order valence-electron chi connectivity index (χ0n) is 9.56. The lowest BCUT2D eigenvalue weighted by atomic mass is 10.3. The molecule has 0 bridgehead atoms. The molecule has 4 N–H and O–H groups in total. The van der Waals surface area contributed by atoms with Gasteiger partial charge in [-0.15, -0.1) is 0 Å². The zero-order chi connectivity index (χ0) is 12.7. The molecule has 0 radical (unpaired) electrons. The van der Waals surface area contributed by atoms with Crippen molar-refractivity contribution >= 4 is 23.2 Å². The molecule has 1 saturated carbocycles. The van der Waals surface area contributed by atoms with Crippen molar-refractivity contribution in [1.29, 1.82) is 0 Å². The summed E-state index contributed by atoms with van der Waals surface area (Å²) in [7, 11) is 0. The predicted octanol–water partition coefficient (Wildman–Crippen LogP) is -0.520. The highest BCUT2D eigenvalue weighted by molar-refractivity contribution is 5.82. The van der Waals surface area contributed by atoms with E-state index in [0.717, 1.165) is 5.57 Å². The first kappa shape index (κ1) is 11.1. The molecule has 2 atom stereocenters. The Balaban J connectivity index is 2.02. The summed E-state index contributed by atoms with van der Waals surface area (Å²) in [6, 6.07) is 0. The number of hydrogen-bond acceptors (Lipinski definition) is 6. The van der Waals surface area contributed by atoms with Crippen LogP contribution < -0.4 is 5.73 Å². The number of imidazole rings is 1. The minimum Gasteiger partial charge on any atom is -0.396 e. The van der Waals surface area contributed by atoms with Gasteiger partial charge in [-0.1, -0.05) is 0 Å². The van der Waals surface area contributed by atoms with Crippen LogP contribution in [0.3, 0.4) is 0 Å². The highest BCUT2D eigenvalue weighted by atomic mass is 16.3. The van der Waals surface area contributed by atoms with Gasteiger partial charge in [-0.2, -0.15) is 0 Å². The van der Waals surface area contributed by atoms with E-state index >= 15 is 0 Å². The molecule has 18 heavy (non-hydrogen) atoms. The molecule has 2 heterocycles. The van der Waals surface area contributed by atoms with Crippen LogP contribution in [0.1, 0.15) is 0 Å². The number of anilines is 1. The molecule has 7 heteroatoms. The lowest BCUT2D eigenvalue weighted by Gasteiger charge is -1.95. The largest absolute Gasteiger partial charge is 0.396 e. The van der Waals surface area contributed by atoms with Crippen LogP contribution in [0.4, 0.5) is 5.82 Å². The van der Waals surface area contributed by atoms with Crippen molar-refractivity contribution in [3.8, 4) is 0 Å². The van der Waals surface area contributed by atoms with Crippen LogP contribution in [-0.2, 0) is 0 Å². The van der Waals surface area contributed by atoms with Gasteiger partial charge in [0.15, 0.2) is 17.0 Å². The van der Waals surface area contributed by atoms with E-state index in [1.54, 1.807) is 10.9 Å². The molecule has 94 valence electrons. The Morgan fingerprint density at radius 1 is 1.22 bits per heavy atom. The normalized spacial score (nSPS) is 24.9. The number of nitrogen functional groups attached to an aromatic ring is 1. The molecule has 1 aliphatic rings. The van der Waals surface area contributed by atoms with E-state index in [-0.39, 0.29) is 25.0 Å². The maximum atomic E-state index is 9.14. The Hall–Kier alpha value is -1.99. The summed E-state index contributed by atoms with van der Waals surface area (Å²) in [5.41, 5.74) is 7.86. The number of rotatable bonds is 3. The second-order valence-electron chi connectivity index (χ2n) is 4.29. The van der Waals surface area contributed by atoms with Gasteiger partial charge in [0.05, 0.1) is 13.2 Å². The highest BCUT2D eigenvalue weighted by Crippen LogP contribution is 2.45. The molecule has 2 aromatic rings. The van der Waals surface area contributed by atoms with E-state index in [4.69, 9.17) is 15.9 Å². The van der Waals surface area contributed by atoms with Crippen molar-refractivity contribution < 1.29 is 10.2 Å². The minimum absolute atomic E-state index is 0.0339. The first-order valence-electron chi connectivity index (χ1n) is 5.62. The van der Waals surface area contributed by atoms with Crippen LogP contribution >= 0.6 is 0 Å². The molecule has 0 amide bonds. The van der Waals surface area contributed by atoms with E-state index in [2.05, 4.69) is 15.0 Å². The summed E-state index contributed by atoms with van der Waals surface area (Å²) >= 11 is 0. The van der Waals surface area contributed by atoms with Gasteiger partial charge in [-0.25, -0.2) is 15.0 Å². The SMILES string of the molecule is Nc1ncnc2c1ncn2C=C1[C@@H](CO)[C@H]1CO. The molecule has 2 aromatic heterocycles. The third kappa shape index (κ3) is 1.56. The fourth-order valence-corrected chi connectivity index (χ4v) is 2.19. The van der Waals surface area contributed by atoms with Crippen molar-refractivity contribution in [3.63, 3.8) is 0 Å². The standard InChI is InChI=1S/C11H13N5O2/c12-10-9-11(14-4-13-10)16(5-15-9)1-6-7(2-17)8(6)3-18/h1,4-5,7-8,17-18H,2-3H2,(H2,12,13,14)/t7-,8+. The Labute approximate surface area is 103 Å². The van der Waals surface area contributed by atoms with Crippen LogP contribution in [0.2, 0.25) is 0 Å². The number of aromatic nitrogens is 4. The molecule has 0 aliphatic heterocycles. The van der Waals surface area contributed by atoms with Crippen molar-refractivity contribution in [2.75, 3.05) is 18.9 Å². The molecule has 1 aliphatic carbocycles. The highest BCUT2D eigenvalue weighted by Gasteiger charge is 2.43. The van der Waals surface area contributed by atoms with Crippen molar-refractivity contribution in [3.05, 3.63) is 18.2 Å². The second-order valence-corrected chi connectivity index (χ2v) is 4.29. The van der Waals surface area contributed by atoms with E-state index in [9.17, 15) is 0 Å². The summed E-state index contributed by atoms with van der Waals surface area (Å²) in [6.07, 6.45) is 4.82. The topological polar surface area (TPSA) is 110 Å². The predicted molar refractivity (Wildman–Crippen MR) is 65.2 cm³/mol. The van der Waals surface area contributed by atoms with Crippen molar-refractivity contribution in [2.45, 2.75) is 0 Å². The van der Waals surface area contributed by atoms with Gasteiger partial charge in [-0.3, -0.25) is 4.57 Å². The van der Waals surface area contributed by atoms with Gasteiger partial charge in [0.1, 0.15) is 12.7 Å². The van der Waals surface area contributed by atoms with E-state index < -0.39 is 0 Å². The molecule has 1 fully saturated rings. The van der Waals surface area contributed by atoms with E-state index in [1.807, 2.05) is 6.20 Å². The molecule has 7 nitrogen and oxygen atoms in total. The second kappa shape index (κ2) is 4.04. The average Bonchev–Trinajstić information content (AvgIpc) is 2.90. The molecule has 0 unspecified atom stereocenters. The first-order valence-corrected chi connectivity index (χ1v) is 5.62. The Bertz CT molecular complexity index is 609. The molecule has 0 saturated heterocycles. The monoisotopic (exact) mass is 247 g/mol. The maximum Gasteiger partial charge on any atom is 0.169 e. The van der Waals surface area contributed by atoms with Crippen molar-refractivity contribution in [1.82, 2.24) is 19.5 Å². The summed E-state index contributed by atoms with van der Waals surface area (Å²) in [6.45, 7) is 0.0849. The van der Waals surface area contributed by atoms with Gasteiger partial charge in [0, 0.05) is 18.0 Å². The number of nitrogens with two attached hydrogens (primary N) is 1. The quantitative estimate of drug-likeness (QED) is 0.673. The first-order chi connectivity index (χ1) is 8.76. The molecule has 0 spiro atoms. The zero-order valence-corrected chi connectivity index (χ0v) is 9.56. The van der Waals surface area contributed by atoms with Gasteiger partial charge in [-0.05, 0) is 5.57 Å². The van der Waals surface area contributed by atoms with Crippen LogP contribution in [0.25, 0.3) is 17.4 Å². The maximum absolute atomic E-state index is 9.14. The van der Waals surface area contributed by atoms with E-state index in [1.165, 1.54) is 6.33 Å². The van der Waals surface area contributed by atoms with Gasteiger partial charge in [0.25, 0.3) is 0 Å². The van der Waals surface area contributed by atoms with Crippen LogP contribution in [0, 0.1) is 11.8 Å². The number of fused-ring (bicyclic) bond motifs is 1. The van der Waals surface area contributed by atoms with Gasteiger partial charge in [0.2, 0.25) is 0 Å². The van der Waals surface area contributed by atoms with E-state index in [0.29, 0.717) is 17.0 Å². The number of hydrogen-bond donors (Lipinski definition) is 3. The average molecular weight is 247 g/mol. The third-order valence-electron chi connectivity index (χ3n) is 3.30. The molecular weight excluding hydrogens is 234 g/mol. The number of aliphatic hydroxyl groups excluding tert-OH is 2. The number of nitrogens with zero attached hydrogens (tertiary/aromatic N) is 4. The third-order valence-corrected chi connectivity index (χ3v) is 3.30. The lowest BCUT2D eigenvalue weighted by Crippen LogP contribution is -1.94. The Kier molecular flexibility index (Phi) is 2.49. The van der Waals surface area contributed by atoms with Crippen LogP contribution in [-0.4, -0.2) is 42.9 Å². The smallest absolute Gasteiger partial charge is 0.169 e. The van der Waals surface area contributed by atoms with Crippen molar-refractivity contribution in [2.24, 2.45) is 11.8 Å². The summed E-state index contributed by atoms with van der Waals surface area (Å²) < 4.78 is 1.74. The molecule has 0 aromatic carbocycles. The summed E-state index contributed by atoms with van der Waals surface area (Å²) in [4.78, 5) is 12.1. The van der Waals surface area contributed by atoms with Crippen LogP contribution in [0.15, 0.2) is 18.2 Å². The lowest BCUT2D eigenvalue weighted by molar-refractivity contribution is 0.232. The summed E-state index contributed by atoms with van der Waals surface area (Å²) in [5.74, 6) is 0.406. The molecule has 3 rings (SSSR count). The molecular formula is C11H13N5O2. The van der Waals surface area contributed by atoms with Gasteiger partial charge >= 0.3 is 0 Å². The fraction of sp³-hybridized carbons (Fsp3) is 0.364. The van der Waals surface area contributed by atoms with Crippen LogP contribution in [0.5, 0.6) is 0 Å². The number of aliphatic hydroxyl groups is 2. The Morgan fingerprint density at radius 3 is 2.61 bits per heavy atom. The fourth-order valence-electron chi connectivity index (χ4n) is 2.19. The summed E-state index contributed by atoms with van der Waals surface area (Å²) in [5, 5.41) is 18.3.